The highest BCUT2D eigenvalue weighted by molar-refractivity contribution is 6.30. The summed E-state index contributed by atoms with van der Waals surface area (Å²) < 4.78 is 19.3. The number of ether oxygens (including phenoxy) is 1. The van der Waals surface area contributed by atoms with E-state index in [-0.39, 0.29) is 18.3 Å². The van der Waals surface area contributed by atoms with E-state index in [0.29, 0.717) is 48.0 Å². The van der Waals surface area contributed by atoms with Crippen LogP contribution in [0.2, 0.25) is 5.02 Å². The number of carbonyl (C=O) groups is 1. The van der Waals surface area contributed by atoms with Gasteiger partial charge in [-0.1, -0.05) is 48.0 Å². The maximum Gasteiger partial charge on any atom is 0.257 e. The predicted octanol–water partition coefficient (Wildman–Crippen LogP) is 5.05. The lowest BCUT2D eigenvalue weighted by Gasteiger charge is -2.24. The number of hydrogen-bond donors (Lipinski definition) is 1. The zero-order valence-corrected chi connectivity index (χ0v) is 17.3. The van der Waals surface area contributed by atoms with Crippen molar-refractivity contribution in [1.82, 2.24) is 4.90 Å². The fraction of sp³-hybridized carbons (Fsp3) is 0.208. The molecular weight excluding hydrogens is 403 g/mol. The number of benzene rings is 3. The van der Waals surface area contributed by atoms with Crippen LogP contribution in [0.4, 0.5) is 4.39 Å². The van der Waals surface area contributed by atoms with Crippen molar-refractivity contribution in [2.45, 2.75) is 19.6 Å². The number of nitrogens with zero attached hydrogens (tertiary/aromatic N) is 1. The fourth-order valence-electron chi connectivity index (χ4n) is 3.07. The van der Waals surface area contributed by atoms with Crippen LogP contribution >= 0.6 is 11.6 Å². The molecule has 6 heteroatoms. The topological polar surface area (TPSA) is 55.6 Å². The Balaban J connectivity index is 1.78. The van der Waals surface area contributed by atoms with E-state index in [1.165, 1.54) is 12.1 Å². The first-order valence-electron chi connectivity index (χ1n) is 9.77. The van der Waals surface area contributed by atoms with Crippen LogP contribution in [0, 0.1) is 5.82 Å². The lowest BCUT2D eigenvalue weighted by atomic mass is 10.1. The summed E-state index contributed by atoms with van der Waals surface area (Å²) in [6.07, 6.45) is 0.686. The molecule has 3 aromatic rings. The van der Waals surface area contributed by atoms with Gasteiger partial charge in [-0.2, -0.15) is 0 Å². The number of nitrogens with two attached hydrogens (primary N) is 1. The SMILES string of the molecule is NCCCN(Cc1ccc(Cl)cc1)C(=O)c1ccccc1OCc1cccc(F)c1. The van der Waals surface area contributed by atoms with Gasteiger partial charge in [0.05, 0.1) is 5.56 Å². The van der Waals surface area contributed by atoms with E-state index in [0.717, 1.165) is 5.56 Å². The minimum Gasteiger partial charge on any atom is -0.488 e. The average molecular weight is 427 g/mol. The Kier molecular flexibility index (Phi) is 7.82. The van der Waals surface area contributed by atoms with E-state index in [9.17, 15) is 9.18 Å². The van der Waals surface area contributed by atoms with Gasteiger partial charge in [-0.3, -0.25) is 4.79 Å². The number of hydrogen-bond acceptors (Lipinski definition) is 3. The van der Waals surface area contributed by atoms with Crippen molar-refractivity contribution in [2.24, 2.45) is 5.73 Å². The van der Waals surface area contributed by atoms with Gasteiger partial charge in [-0.05, 0) is 60.5 Å². The summed E-state index contributed by atoms with van der Waals surface area (Å²) in [5, 5.41) is 0.648. The highest BCUT2D eigenvalue weighted by atomic mass is 35.5. The van der Waals surface area contributed by atoms with Gasteiger partial charge in [0.25, 0.3) is 5.91 Å². The Morgan fingerprint density at radius 3 is 2.50 bits per heavy atom. The van der Waals surface area contributed by atoms with Crippen LogP contribution in [-0.4, -0.2) is 23.9 Å². The molecule has 0 aliphatic rings. The zero-order chi connectivity index (χ0) is 21.3. The van der Waals surface area contributed by atoms with E-state index < -0.39 is 0 Å². The normalized spacial score (nSPS) is 10.6. The second-order valence-corrected chi connectivity index (χ2v) is 7.35. The molecular formula is C24H24ClFN2O2. The molecule has 0 bridgehead atoms. The molecule has 0 aliphatic carbocycles. The number of para-hydroxylation sites is 1. The Morgan fingerprint density at radius 1 is 1.00 bits per heavy atom. The molecule has 156 valence electrons. The number of halogens is 2. The van der Waals surface area contributed by atoms with Crippen LogP contribution in [0.25, 0.3) is 0 Å². The van der Waals surface area contributed by atoms with Crippen molar-refractivity contribution < 1.29 is 13.9 Å². The number of rotatable bonds is 9. The molecule has 0 heterocycles. The molecule has 1 amide bonds. The van der Waals surface area contributed by atoms with Gasteiger partial charge in [0.1, 0.15) is 18.2 Å². The van der Waals surface area contributed by atoms with Crippen molar-refractivity contribution in [3.63, 3.8) is 0 Å². The van der Waals surface area contributed by atoms with Crippen molar-refractivity contribution in [3.8, 4) is 5.75 Å². The summed E-state index contributed by atoms with van der Waals surface area (Å²) in [7, 11) is 0. The Bertz CT molecular complexity index is 979. The molecule has 0 radical (unpaired) electrons. The maximum atomic E-state index is 13.4. The number of carbonyl (C=O) groups excluding carboxylic acids is 1. The lowest BCUT2D eigenvalue weighted by molar-refractivity contribution is 0.0737. The summed E-state index contributed by atoms with van der Waals surface area (Å²) in [6.45, 7) is 1.62. The third kappa shape index (κ3) is 6.05. The fourth-order valence-corrected chi connectivity index (χ4v) is 3.20. The lowest BCUT2D eigenvalue weighted by Crippen LogP contribution is -2.32. The van der Waals surface area contributed by atoms with Crippen molar-refractivity contribution >= 4 is 17.5 Å². The Morgan fingerprint density at radius 2 is 1.77 bits per heavy atom. The monoisotopic (exact) mass is 426 g/mol. The second kappa shape index (κ2) is 10.8. The third-order valence-corrected chi connectivity index (χ3v) is 4.86. The van der Waals surface area contributed by atoms with Gasteiger partial charge >= 0.3 is 0 Å². The summed E-state index contributed by atoms with van der Waals surface area (Å²) in [4.78, 5) is 15.1. The summed E-state index contributed by atoms with van der Waals surface area (Å²) in [6, 6.07) is 20.7. The van der Waals surface area contributed by atoms with E-state index in [4.69, 9.17) is 22.1 Å². The second-order valence-electron chi connectivity index (χ2n) is 6.91. The molecule has 0 saturated heterocycles. The molecule has 3 aromatic carbocycles. The van der Waals surface area contributed by atoms with Gasteiger partial charge in [-0.25, -0.2) is 4.39 Å². The standard InChI is InChI=1S/C24H24ClFN2O2/c25-20-11-9-18(10-12-20)16-28(14-4-13-27)24(29)22-7-1-2-8-23(22)30-17-19-5-3-6-21(26)15-19/h1-3,5-12,15H,4,13-14,16-17,27H2. The molecule has 0 fully saturated rings. The van der Waals surface area contributed by atoms with Gasteiger partial charge in [-0.15, -0.1) is 0 Å². The molecule has 3 rings (SSSR count). The molecule has 0 aromatic heterocycles. The largest absolute Gasteiger partial charge is 0.488 e. The van der Waals surface area contributed by atoms with Crippen molar-refractivity contribution in [2.75, 3.05) is 13.1 Å². The summed E-state index contributed by atoms with van der Waals surface area (Å²) >= 11 is 5.97. The third-order valence-electron chi connectivity index (χ3n) is 4.61. The van der Waals surface area contributed by atoms with E-state index in [1.807, 2.05) is 12.1 Å². The van der Waals surface area contributed by atoms with Gasteiger partial charge in [0.2, 0.25) is 0 Å². The summed E-state index contributed by atoms with van der Waals surface area (Å²) in [5.74, 6) is -0.00903. The minimum absolute atomic E-state index is 0.145. The highest BCUT2D eigenvalue weighted by Gasteiger charge is 2.20. The van der Waals surface area contributed by atoms with Gasteiger partial charge < -0.3 is 15.4 Å². The zero-order valence-electron chi connectivity index (χ0n) is 16.6. The summed E-state index contributed by atoms with van der Waals surface area (Å²) in [5.41, 5.74) is 7.80. The molecule has 30 heavy (non-hydrogen) atoms. The Hall–Kier alpha value is -2.89. The van der Waals surface area contributed by atoms with Gasteiger partial charge in [0, 0.05) is 18.1 Å². The van der Waals surface area contributed by atoms with Crippen molar-refractivity contribution in [1.29, 1.82) is 0 Å². The Labute approximate surface area is 181 Å². The maximum absolute atomic E-state index is 13.4. The van der Waals surface area contributed by atoms with E-state index in [2.05, 4.69) is 0 Å². The molecule has 0 aliphatic heterocycles. The average Bonchev–Trinajstić information content (AvgIpc) is 2.76. The first-order valence-corrected chi connectivity index (χ1v) is 10.1. The van der Waals surface area contributed by atoms with Crippen LogP contribution < -0.4 is 10.5 Å². The van der Waals surface area contributed by atoms with Crippen LogP contribution in [0.3, 0.4) is 0 Å². The quantitative estimate of drug-likeness (QED) is 0.521. The van der Waals surface area contributed by atoms with Gasteiger partial charge in [0.15, 0.2) is 0 Å². The van der Waals surface area contributed by atoms with E-state index in [1.54, 1.807) is 53.4 Å². The first kappa shape index (κ1) is 21.8. The van der Waals surface area contributed by atoms with Crippen molar-refractivity contribution in [3.05, 3.63) is 100 Å². The minimum atomic E-state index is -0.323. The highest BCUT2D eigenvalue weighted by Crippen LogP contribution is 2.23. The smallest absolute Gasteiger partial charge is 0.257 e. The van der Waals surface area contributed by atoms with Crippen LogP contribution in [0.15, 0.2) is 72.8 Å². The molecule has 4 nitrogen and oxygen atoms in total. The molecule has 0 saturated carbocycles. The van der Waals surface area contributed by atoms with Crippen LogP contribution in [-0.2, 0) is 13.2 Å². The van der Waals surface area contributed by atoms with Crippen LogP contribution in [0.1, 0.15) is 27.9 Å². The first-order chi connectivity index (χ1) is 14.6. The molecule has 0 unspecified atom stereocenters. The predicted molar refractivity (Wildman–Crippen MR) is 117 cm³/mol. The molecule has 0 atom stereocenters. The molecule has 2 N–H and O–H groups in total. The number of amides is 1. The van der Waals surface area contributed by atoms with E-state index >= 15 is 0 Å². The van der Waals surface area contributed by atoms with Crippen LogP contribution in [0.5, 0.6) is 5.75 Å². The molecule has 0 spiro atoms.